The van der Waals surface area contributed by atoms with Gasteiger partial charge in [-0.2, -0.15) is 0 Å². The van der Waals surface area contributed by atoms with E-state index in [0.29, 0.717) is 53.6 Å². The topological polar surface area (TPSA) is 82.2 Å². The van der Waals surface area contributed by atoms with Crippen LogP contribution in [0.15, 0.2) is 65.9 Å². The zero-order valence-corrected chi connectivity index (χ0v) is 21.5. The van der Waals surface area contributed by atoms with Gasteiger partial charge in [0, 0.05) is 55.6 Å². The van der Waals surface area contributed by atoms with E-state index >= 15 is 0 Å². The van der Waals surface area contributed by atoms with Crippen molar-refractivity contribution in [2.24, 2.45) is 0 Å². The summed E-state index contributed by atoms with van der Waals surface area (Å²) in [7, 11) is 1.64. The first-order chi connectivity index (χ1) is 17.3. The Balaban J connectivity index is 1.62. The molecule has 0 spiro atoms. The third kappa shape index (κ3) is 5.24. The lowest BCUT2D eigenvalue weighted by Gasteiger charge is -2.42. The number of carbonyl (C=O) groups is 3. The van der Waals surface area contributed by atoms with E-state index in [4.69, 9.17) is 16.3 Å². The van der Waals surface area contributed by atoms with E-state index in [0.717, 1.165) is 0 Å². The second-order valence-corrected chi connectivity index (χ2v) is 9.40. The third-order valence-electron chi connectivity index (χ3n) is 6.66. The molecule has 2 aliphatic rings. The minimum absolute atomic E-state index is 0.00197. The second kappa shape index (κ2) is 11.1. The predicted molar refractivity (Wildman–Crippen MR) is 138 cm³/mol. The Morgan fingerprint density at radius 1 is 1.08 bits per heavy atom. The number of likely N-dealkylation sites (N-methyl/N-ethyl adjacent to an activating group) is 1. The summed E-state index contributed by atoms with van der Waals surface area (Å²) >= 11 is 6.46. The minimum atomic E-state index is -0.727. The van der Waals surface area contributed by atoms with Crippen LogP contribution >= 0.6 is 11.6 Å². The zero-order chi connectivity index (χ0) is 25.8. The van der Waals surface area contributed by atoms with Crippen molar-refractivity contribution in [1.82, 2.24) is 20.0 Å². The van der Waals surface area contributed by atoms with Crippen LogP contribution in [0.3, 0.4) is 0 Å². The molecule has 1 fully saturated rings. The number of esters is 1. The molecule has 2 unspecified atom stereocenters. The summed E-state index contributed by atoms with van der Waals surface area (Å²) in [5.41, 5.74) is 2.23. The number of nitrogens with zero attached hydrogens (tertiary/aromatic N) is 3. The molecule has 36 heavy (non-hydrogen) atoms. The molecule has 1 N–H and O–H groups in total. The Morgan fingerprint density at radius 2 is 1.78 bits per heavy atom. The van der Waals surface area contributed by atoms with E-state index in [1.54, 1.807) is 32.2 Å². The first kappa shape index (κ1) is 25.7. The molecule has 9 heteroatoms. The van der Waals surface area contributed by atoms with Crippen molar-refractivity contribution in [1.29, 1.82) is 0 Å². The molecule has 2 aliphatic heterocycles. The van der Waals surface area contributed by atoms with Crippen molar-refractivity contribution in [3.8, 4) is 0 Å². The number of benzene rings is 2. The van der Waals surface area contributed by atoms with Crippen molar-refractivity contribution in [3.05, 3.63) is 82.0 Å². The van der Waals surface area contributed by atoms with Crippen molar-refractivity contribution in [2.75, 3.05) is 39.8 Å². The fourth-order valence-corrected chi connectivity index (χ4v) is 5.02. The molecule has 1 saturated heterocycles. The van der Waals surface area contributed by atoms with Crippen LogP contribution in [0.25, 0.3) is 0 Å². The van der Waals surface area contributed by atoms with E-state index < -0.39 is 12.0 Å². The predicted octanol–water partition coefficient (Wildman–Crippen LogP) is 3.70. The summed E-state index contributed by atoms with van der Waals surface area (Å²) in [6, 6.07) is 15.3. The minimum Gasteiger partial charge on any atom is -0.463 e. The van der Waals surface area contributed by atoms with Gasteiger partial charge in [0.1, 0.15) is 0 Å². The lowest BCUT2D eigenvalue weighted by Crippen LogP contribution is -2.56. The molecule has 0 aliphatic carbocycles. The molecular formula is C27H31ClN4O4. The first-order valence-electron chi connectivity index (χ1n) is 12.1. The van der Waals surface area contributed by atoms with Crippen LogP contribution in [0.4, 0.5) is 4.79 Å². The molecule has 0 saturated carbocycles. The Bertz CT molecular complexity index is 1170. The highest BCUT2D eigenvalue weighted by atomic mass is 35.5. The highest BCUT2D eigenvalue weighted by molar-refractivity contribution is 6.31. The number of rotatable bonds is 6. The fourth-order valence-electron chi connectivity index (χ4n) is 4.78. The molecule has 2 heterocycles. The van der Waals surface area contributed by atoms with Gasteiger partial charge in [-0.15, -0.1) is 0 Å². The molecule has 8 nitrogen and oxygen atoms in total. The van der Waals surface area contributed by atoms with E-state index in [-0.39, 0.29) is 24.6 Å². The molecule has 0 radical (unpaired) electrons. The Kier molecular flexibility index (Phi) is 7.96. The van der Waals surface area contributed by atoms with Gasteiger partial charge in [0.15, 0.2) is 0 Å². The van der Waals surface area contributed by atoms with Crippen molar-refractivity contribution < 1.29 is 19.1 Å². The van der Waals surface area contributed by atoms with Gasteiger partial charge in [-0.25, -0.2) is 9.59 Å². The number of nitrogens with one attached hydrogen (secondary N) is 1. The molecule has 0 aromatic heterocycles. The number of amides is 3. The smallest absolute Gasteiger partial charge is 0.338 e. The zero-order valence-electron chi connectivity index (χ0n) is 20.7. The fraction of sp³-hybridized carbons (Fsp3) is 0.370. The van der Waals surface area contributed by atoms with Gasteiger partial charge in [-0.1, -0.05) is 48.0 Å². The summed E-state index contributed by atoms with van der Waals surface area (Å²) < 4.78 is 5.41. The Hall–Kier alpha value is -3.36. The highest BCUT2D eigenvalue weighted by Gasteiger charge is 2.39. The van der Waals surface area contributed by atoms with Crippen LogP contribution in [-0.4, -0.2) is 78.5 Å². The van der Waals surface area contributed by atoms with Crippen LogP contribution in [-0.2, 0) is 9.53 Å². The van der Waals surface area contributed by atoms with Gasteiger partial charge < -0.3 is 15.0 Å². The van der Waals surface area contributed by atoms with Crippen LogP contribution in [0.2, 0.25) is 5.02 Å². The molecular weight excluding hydrogens is 480 g/mol. The van der Waals surface area contributed by atoms with Gasteiger partial charge >= 0.3 is 12.0 Å². The standard InChI is InChI=1S/C27H31ClN4O4/c1-4-36-26(34)23-22(30(3)27(35)29-24(23)20-12-8-9-13-21(20)28)17-31-14-15-32(18(2)16-31)25(33)19-10-6-5-7-11-19/h5-13,18,24H,4,14-17H2,1-3H3,(H,29,35). The molecule has 3 amide bonds. The molecule has 0 bridgehead atoms. The Labute approximate surface area is 216 Å². The number of urea groups is 1. The molecule has 2 aromatic carbocycles. The van der Waals surface area contributed by atoms with Crippen molar-refractivity contribution >= 4 is 29.5 Å². The largest absolute Gasteiger partial charge is 0.463 e. The van der Waals surface area contributed by atoms with Crippen LogP contribution < -0.4 is 5.32 Å². The van der Waals surface area contributed by atoms with Crippen molar-refractivity contribution in [2.45, 2.75) is 25.9 Å². The number of halogens is 1. The quantitative estimate of drug-likeness (QED) is 0.599. The van der Waals surface area contributed by atoms with Crippen molar-refractivity contribution in [3.63, 3.8) is 0 Å². The summed E-state index contributed by atoms with van der Waals surface area (Å²) in [4.78, 5) is 44.6. The molecule has 2 aromatic rings. The molecule has 2 atom stereocenters. The number of hydrogen-bond acceptors (Lipinski definition) is 5. The monoisotopic (exact) mass is 510 g/mol. The average molecular weight is 511 g/mol. The normalized spacial score (nSPS) is 20.8. The van der Waals surface area contributed by atoms with Crippen LogP contribution in [0.5, 0.6) is 0 Å². The third-order valence-corrected chi connectivity index (χ3v) is 7.00. The SMILES string of the molecule is CCOC(=O)C1=C(CN2CCN(C(=O)c3ccccc3)C(C)C2)N(C)C(=O)NC1c1ccccc1Cl. The average Bonchev–Trinajstić information content (AvgIpc) is 2.87. The summed E-state index contributed by atoms with van der Waals surface area (Å²) in [6.07, 6.45) is 0. The van der Waals surface area contributed by atoms with Gasteiger partial charge in [-0.05, 0) is 37.6 Å². The van der Waals surface area contributed by atoms with E-state index in [1.807, 2.05) is 48.2 Å². The van der Waals surface area contributed by atoms with Gasteiger partial charge in [0.25, 0.3) is 5.91 Å². The maximum absolute atomic E-state index is 13.2. The summed E-state index contributed by atoms with van der Waals surface area (Å²) in [5, 5.41) is 3.36. The number of hydrogen-bond donors (Lipinski definition) is 1. The van der Waals surface area contributed by atoms with Gasteiger partial charge in [0.2, 0.25) is 0 Å². The number of ether oxygens (including phenoxy) is 1. The lowest BCUT2D eigenvalue weighted by atomic mass is 9.94. The van der Waals surface area contributed by atoms with E-state index in [2.05, 4.69) is 10.2 Å². The lowest BCUT2D eigenvalue weighted by molar-refractivity contribution is -0.139. The van der Waals surface area contributed by atoms with E-state index in [9.17, 15) is 14.4 Å². The maximum atomic E-state index is 13.2. The Morgan fingerprint density at radius 3 is 2.44 bits per heavy atom. The molecule has 190 valence electrons. The summed E-state index contributed by atoms with van der Waals surface area (Å²) in [5.74, 6) is -0.489. The van der Waals surface area contributed by atoms with Crippen LogP contribution in [0, 0.1) is 0 Å². The first-order valence-corrected chi connectivity index (χ1v) is 12.5. The highest BCUT2D eigenvalue weighted by Crippen LogP contribution is 2.35. The number of carbonyl (C=O) groups excluding carboxylic acids is 3. The second-order valence-electron chi connectivity index (χ2n) is 8.99. The van der Waals surface area contributed by atoms with Gasteiger partial charge in [-0.3, -0.25) is 14.6 Å². The maximum Gasteiger partial charge on any atom is 0.338 e. The van der Waals surface area contributed by atoms with Gasteiger partial charge in [0.05, 0.1) is 18.2 Å². The van der Waals surface area contributed by atoms with E-state index in [1.165, 1.54) is 4.90 Å². The number of piperazine rings is 1. The van der Waals surface area contributed by atoms with Crippen LogP contribution in [0.1, 0.15) is 35.8 Å². The summed E-state index contributed by atoms with van der Waals surface area (Å²) in [6.45, 7) is 6.08. The molecule has 4 rings (SSSR count).